The molecular formula is C9H13NO2. The lowest BCUT2D eigenvalue weighted by molar-refractivity contribution is -0.139. The maximum Gasteiger partial charge on any atom is 0.178 e. The molecule has 0 radical (unpaired) electrons. The van der Waals surface area contributed by atoms with Crippen molar-refractivity contribution in [3.8, 4) is 6.07 Å². The maximum absolute atomic E-state index is 11.5. The minimum absolute atomic E-state index is 0.0200. The van der Waals surface area contributed by atoms with Gasteiger partial charge >= 0.3 is 0 Å². The molecule has 1 aliphatic rings. The van der Waals surface area contributed by atoms with Crippen LogP contribution in [0.4, 0.5) is 0 Å². The third-order valence-corrected chi connectivity index (χ3v) is 2.55. The van der Waals surface area contributed by atoms with Crippen LogP contribution in [0.25, 0.3) is 0 Å². The van der Waals surface area contributed by atoms with Crippen LogP contribution < -0.4 is 0 Å². The minimum Gasteiger partial charge on any atom is -0.370 e. The fourth-order valence-electron chi connectivity index (χ4n) is 1.78. The number of methoxy groups -OCH3 is 1. The molecule has 0 N–H and O–H groups in total. The second kappa shape index (κ2) is 3.68. The van der Waals surface area contributed by atoms with E-state index >= 15 is 0 Å². The highest BCUT2D eigenvalue weighted by atomic mass is 16.5. The molecule has 0 unspecified atom stereocenters. The second-order valence-electron chi connectivity index (χ2n) is 3.16. The highest BCUT2D eigenvalue weighted by molar-refractivity contribution is 5.89. The molecule has 0 aromatic rings. The van der Waals surface area contributed by atoms with Crippen molar-refractivity contribution in [2.45, 2.75) is 37.7 Å². The van der Waals surface area contributed by atoms with Crippen molar-refractivity contribution in [2.75, 3.05) is 7.11 Å². The van der Waals surface area contributed by atoms with Gasteiger partial charge in [-0.25, -0.2) is 0 Å². The Morgan fingerprint density at radius 3 is 2.58 bits per heavy atom. The summed E-state index contributed by atoms with van der Waals surface area (Å²) in [6.45, 7) is 0. The molecule has 0 aromatic carbocycles. The molecule has 66 valence electrons. The number of hydrogen-bond acceptors (Lipinski definition) is 3. The van der Waals surface area contributed by atoms with Crippen LogP contribution in [0.1, 0.15) is 32.1 Å². The van der Waals surface area contributed by atoms with Gasteiger partial charge in [0.05, 0.1) is 12.5 Å². The predicted octanol–water partition coefficient (Wildman–Crippen LogP) is 1.43. The topological polar surface area (TPSA) is 50.1 Å². The van der Waals surface area contributed by atoms with Crippen molar-refractivity contribution < 1.29 is 9.53 Å². The third-order valence-electron chi connectivity index (χ3n) is 2.55. The summed E-state index contributed by atoms with van der Waals surface area (Å²) >= 11 is 0. The molecule has 0 spiro atoms. The van der Waals surface area contributed by atoms with E-state index in [9.17, 15) is 4.79 Å². The Bertz CT molecular complexity index is 211. The third kappa shape index (κ3) is 1.49. The number of ether oxygens (including phenoxy) is 1. The Hall–Kier alpha value is -0.880. The van der Waals surface area contributed by atoms with E-state index in [1.54, 1.807) is 7.11 Å². The van der Waals surface area contributed by atoms with Gasteiger partial charge < -0.3 is 4.74 Å². The molecule has 0 amide bonds. The molecule has 3 heteroatoms. The molecule has 1 rings (SSSR count). The van der Waals surface area contributed by atoms with Gasteiger partial charge in [-0.1, -0.05) is 0 Å². The molecule has 1 fully saturated rings. The van der Waals surface area contributed by atoms with Crippen LogP contribution in [0.2, 0.25) is 0 Å². The van der Waals surface area contributed by atoms with Crippen LogP contribution >= 0.6 is 0 Å². The van der Waals surface area contributed by atoms with Gasteiger partial charge in [-0.3, -0.25) is 4.79 Å². The summed E-state index contributed by atoms with van der Waals surface area (Å²) in [4.78, 5) is 11.5. The summed E-state index contributed by atoms with van der Waals surface area (Å²) in [6, 6.07) is 1.87. The average molecular weight is 167 g/mol. The fourth-order valence-corrected chi connectivity index (χ4v) is 1.78. The molecule has 0 aliphatic heterocycles. The molecular weight excluding hydrogens is 154 g/mol. The summed E-state index contributed by atoms with van der Waals surface area (Å²) in [5.41, 5.74) is -0.615. The minimum atomic E-state index is -0.615. The van der Waals surface area contributed by atoms with E-state index in [1.165, 1.54) is 0 Å². The Morgan fingerprint density at radius 1 is 1.58 bits per heavy atom. The van der Waals surface area contributed by atoms with E-state index in [2.05, 4.69) is 0 Å². The smallest absolute Gasteiger partial charge is 0.178 e. The van der Waals surface area contributed by atoms with Crippen molar-refractivity contribution in [3.05, 3.63) is 0 Å². The first kappa shape index (κ1) is 9.21. The summed E-state index contributed by atoms with van der Waals surface area (Å²) in [7, 11) is 1.56. The number of ketones is 1. The second-order valence-corrected chi connectivity index (χ2v) is 3.16. The van der Waals surface area contributed by atoms with Crippen LogP contribution in [0.3, 0.4) is 0 Å². The molecule has 3 nitrogen and oxygen atoms in total. The summed E-state index contributed by atoms with van der Waals surface area (Å²) in [6.07, 6.45) is 3.61. The van der Waals surface area contributed by atoms with Crippen molar-refractivity contribution in [3.63, 3.8) is 0 Å². The number of carbonyl (C=O) groups is 1. The molecule has 1 aliphatic carbocycles. The van der Waals surface area contributed by atoms with Crippen molar-refractivity contribution >= 4 is 5.78 Å². The van der Waals surface area contributed by atoms with E-state index in [0.717, 1.165) is 25.7 Å². The summed E-state index contributed by atoms with van der Waals surface area (Å²) in [5, 5.41) is 8.38. The summed E-state index contributed by atoms with van der Waals surface area (Å²) in [5.74, 6) is -0.0509. The predicted molar refractivity (Wildman–Crippen MR) is 43.4 cm³/mol. The Labute approximate surface area is 72.3 Å². The average Bonchev–Trinajstić information content (AvgIpc) is 2.54. The van der Waals surface area contributed by atoms with Gasteiger partial charge in [-0.05, 0) is 25.7 Å². The lowest BCUT2D eigenvalue weighted by Crippen LogP contribution is -2.37. The lowest BCUT2D eigenvalue weighted by atomic mass is 9.94. The van der Waals surface area contributed by atoms with Gasteiger partial charge in [-0.15, -0.1) is 0 Å². The van der Waals surface area contributed by atoms with Crippen molar-refractivity contribution in [2.24, 2.45) is 0 Å². The molecule has 0 heterocycles. The van der Waals surface area contributed by atoms with E-state index in [1.807, 2.05) is 6.07 Å². The van der Waals surface area contributed by atoms with Crippen LogP contribution in [-0.4, -0.2) is 18.5 Å². The van der Waals surface area contributed by atoms with E-state index in [0.29, 0.717) is 0 Å². The van der Waals surface area contributed by atoms with Gasteiger partial charge in [0.25, 0.3) is 0 Å². The monoisotopic (exact) mass is 167 g/mol. The molecule has 0 bridgehead atoms. The summed E-state index contributed by atoms with van der Waals surface area (Å²) < 4.78 is 5.21. The number of carbonyl (C=O) groups excluding carboxylic acids is 1. The quantitative estimate of drug-likeness (QED) is 0.638. The van der Waals surface area contributed by atoms with Gasteiger partial charge in [0.1, 0.15) is 5.60 Å². The van der Waals surface area contributed by atoms with Crippen molar-refractivity contribution in [1.29, 1.82) is 5.26 Å². The Kier molecular flexibility index (Phi) is 2.83. The Morgan fingerprint density at radius 2 is 2.17 bits per heavy atom. The van der Waals surface area contributed by atoms with E-state index in [-0.39, 0.29) is 12.2 Å². The zero-order valence-electron chi connectivity index (χ0n) is 7.30. The van der Waals surface area contributed by atoms with Crippen LogP contribution in [0, 0.1) is 11.3 Å². The fraction of sp³-hybridized carbons (Fsp3) is 0.778. The zero-order chi connectivity index (χ0) is 9.03. The van der Waals surface area contributed by atoms with Gasteiger partial charge in [0.15, 0.2) is 5.78 Å². The SMILES string of the molecule is COC1(C(=O)CC#N)CCCC1. The molecule has 0 aromatic heterocycles. The molecule has 0 atom stereocenters. The first-order valence-electron chi connectivity index (χ1n) is 4.20. The highest BCUT2D eigenvalue weighted by Gasteiger charge is 2.40. The van der Waals surface area contributed by atoms with Crippen LogP contribution in [0.15, 0.2) is 0 Å². The lowest BCUT2D eigenvalue weighted by Gasteiger charge is -2.24. The van der Waals surface area contributed by atoms with E-state index < -0.39 is 5.60 Å². The standard InChI is InChI=1S/C9H13NO2/c1-12-9(5-2-3-6-9)8(11)4-7-10/h2-6H2,1H3. The number of nitrogens with zero attached hydrogens (tertiary/aromatic N) is 1. The molecule has 1 saturated carbocycles. The number of hydrogen-bond donors (Lipinski definition) is 0. The van der Waals surface area contributed by atoms with Crippen LogP contribution in [0.5, 0.6) is 0 Å². The van der Waals surface area contributed by atoms with Gasteiger partial charge in [0, 0.05) is 7.11 Å². The molecule has 0 saturated heterocycles. The highest BCUT2D eigenvalue weighted by Crippen LogP contribution is 2.34. The number of nitriles is 1. The molecule has 12 heavy (non-hydrogen) atoms. The number of rotatable bonds is 3. The van der Waals surface area contributed by atoms with Crippen molar-refractivity contribution in [1.82, 2.24) is 0 Å². The first-order chi connectivity index (χ1) is 5.75. The van der Waals surface area contributed by atoms with Crippen LogP contribution in [-0.2, 0) is 9.53 Å². The zero-order valence-corrected chi connectivity index (χ0v) is 7.30. The van der Waals surface area contributed by atoms with Gasteiger partial charge in [0.2, 0.25) is 0 Å². The maximum atomic E-state index is 11.5. The Balaban J connectivity index is 2.67. The van der Waals surface area contributed by atoms with E-state index in [4.69, 9.17) is 10.00 Å². The normalized spacial score (nSPS) is 20.3. The van der Waals surface area contributed by atoms with Gasteiger partial charge in [-0.2, -0.15) is 5.26 Å². The largest absolute Gasteiger partial charge is 0.370 e. The number of Topliss-reactive ketones (excluding diaryl/α,β-unsaturated/α-hetero) is 1. The first-order valence-corrected chi connectivity index (χ1v) is 4.20.